The zero-order chi connectivity index (χ0) is 20.6. The quantitative estimate of drug-likeness (QED) is 0.416. The Labute approximate surface area is 174 Å². The van der Waals surface area contributed by atoms with Gasteiger partial charge < -0.3 is 0 Å². The number of nitro benzene ring substituents is 1. The van der Waals surface area contributed by atoms with Crippen molar-refractivity contribution in [1.82, 2.24) is 10.9 Å². The molecule has 2 N–H and O–H groups in total. The van der Waals surface area contributed by atoms with Gasteiger partial charge in [-0.15, -0.1) is 11.8 Å². The normalized spacial score (nSPS) is 30.6. The first kappa shape index (κ1) is 20.2. The summed E-state index contributed by atoms with van der Waals surface area (Å²) in [6.45, 7) is 1.74. The SMILES string of the molecule is CC(Sc1ccc([N+](=O)[O-])cc1)C(=O)NNC(=O)CC12CC3CC(CC(C3)C1)C2. The van der Waals surface area contributed by atoms with E-state index in [1.165, 1.54) is 43.2 Å². The molecule has 1 aromatic rings. The Kier molecular flexibility index (Phi) is 5.55. The van der Waals surface area contributed by atoms with Crippen LogP contribution in [-0.4, -0.2) is 22.0 Å². The second-order valence-corrected chi connectivity index (χ2v) is 10.6. The van der Waals surface area contributed by atoms with Crippen LogP contribution in [0, 0.1) is 33.3 Å². The van der Waals surface area contributed by atoms with E-state index < -0.39 is 10.2 Å². The Hall–Kier alpha value is -2.09. The monoisotopic (exact) mass is 417 g/mol. The maximum absolute atomic E-state index is 12.5. The predicted octanol–water partition coefficient (Wildman–Crippen LogP) is 3.83. The zero-order valence-electron chi connectivity index (χ0n) is 16.6. The van der Waals surface area contributed by atoms with Gasteiger partial charge in [-0.2, -0.15) is 0 Å². The number of carbonyl (C=O) groups is 2. The van der Waals surface area contributed by atoms with Crippen molar-refractivity contribution in [3.8, 4) is 0 Å². The lowest BCUT2D eigenvalue weighted by atomic mass is 9.49. The van der Waals surface area contributed by atoms with Crippen molar-refractivity contribution in [2.24, 2.45) is 23.2 Å². The fourth-order valence-corrected chi connectivity index (χ4v) is 6.90. The molecule has 4 saturated carbocycles. The molecule has 1 atom stereocenters. The topological polar surface area (TPSA) is 101 Å². The highest BCUT2D eigenvalue weighted by atomic mass is 32.2. The lowest BCUT2D eigenvalue weighted by Gasteiger charge is -2.56. The zero-order valence-corrected chi connectivity index (χ0v) is 17.4. The third kappa shape index (κ3) is 4.57. The van der Waals surface area contributed by atoms with Crippen LogP contribution in [0.5, 0.6) is 0 Å². The Morgan fingerprint density at radius 3 is 2.17 bits per heavy atom. The first-order valence-corrected chi connectivity index (χ1v) is 11.2. The summed E-state index contributed by atoms with van der Waals surface area (Å²) in [6.07, 6.45) is 8.01. The number of rotatable bonds is 6. The Morgan fingerprint density at radius 1 is 1.10 bits per heavy atom. The molecule has 1 unspecified atom stereocenters. The van der Waals surface area contributed by atoms with Crippen molar-refractivity contribution in [3.63, 3.8) is 0 Å². The van der Waals surface area contributed by atoms with E-state index in [0.717, 1.165) is 41.9 Å². The van der Waals surface area contributed by atoms with Crippen LogP contribution in [0.3, 0.4) is 0 Å². The molecule has 0 aromatic heterocycles. The van der Waals surface area contributed by atoms with E-state index in [-0.39, 0.29) is 22.9 Å². The molecule has 5 rings (SSSR count). The van der Waals surface area contributed by atoms with Gasteiger partial charge >= 0.3 is 0 Å². The minimum Gasteiger partial charge on any atom is -0.273 e. The first-order chi connectivity index (χ1) is 13.8. The van der Waals surface area contributed by atoms with Gasteiger partial charge in [-0.3, -0.25) is 30.6 Å². The van der Waals surface area contributed by atoms with Crippen LogP contribution in [0.2, 0.25) is 0 Å². The summed E-state index contributed by atoms with van der Waals surface area (Å²) in [7, 11) is 0. The molecular weight excluding hydrogens is 390 g/mol. The van der Waals surface area contributed by atoms with Gasteiger partial charge in [0.2, 0.25) is 5.91 Å². The number of carbonyl (C=O) groups excluding carboxylic acids is 2. The van der Waals surface area contributed by atoms with Crippen molar-refractivity contribution >= 4 is 29.3 Å². The largest absolute Gasteiger partial charge is 0.273 e. The number of nitro groups is 1. The number of non-ortho nitro benzene ring substituents is 1. The van der Waals surface area contributed by atoms with Crippen molar-refractivity contribution < 1.29 is 14.5 Å². The molecule has 2 amide bonds. The maximum Gasteiger partial charge on any atom is 0.269 e. The van der Waals surface area contributed by atoms with Crippen LogP contribution in [0.15, 0.2) is 29.2 Å². The average molecular weight is 418 g/mol. The summed E-state index contributed by atoms with van der Waals surface area (Å²) in [4.78, 5) is 35.9. The molecule has 0 spiro atoms. The van der Waals surface area contributed by atoms with Gasteiger partial charge in [0.25, 0.3) is 11.6 Å². The maximum atomic E-state index is 12.5. The van der Waals surface area contributed by atoms with Gasteiger partial charge in [-0.1, -0.05) is 0 Å². The molecule has 29 heavy (non-hydrogen) atoms. The van der Waals surface area contributed by atoms with E-state index in [1.807, 2.05) is 0 Å². The molecule has 0 heterocycles. The molecule has 4 fully saturated rings. The Balaban J connectivity index is 1.24. The van der Waals surface area contributed by atoms with E-state index in [2.05, 4.69) is 10.9 Å². The standard InChI is InChI=1S/C21H27N3O4S/c1-13(29-18-4-2-17(3-5-18)24(27)28)20(26)23-22-19(25)12-21-9-14-6-15(10-21)8-16(7-14)11-21/h2-5,13-16H,6-12H2,1H3,(H,22,25)(H,23,26). The van der Waals surface area contributed by atoms with Crippen LogP contribution >= 0.6 is 11.8 Å². The highest BCUT2D eigenvalue weighted by Gasteiger charge is 2.51. The van der Waals surface area contributed by atoms with Crippen LogP contribution < -0.4 is 10.9 Å². The summed E-state index contributed by atoms with van der Waals surface area (Å²) in [5.41, 5.74) is 5.31. The minimum atomic E-state index is -0.454. The predicted molar refractivity (Wildman–Crippen MR) is 110 cm³/mol. The number of nitrogens with one attached hydrogen (secondary N) is 2. The van der Waals surface area contributed by atoms with Gasteiger partial charge in [-0.05, 0) is 80.8 Å². The van der Waals surface area contributed by atoms with Gasteiger partial charge in [0.05, 0.1) is 10.2 Å². The number of amides is 2. The van der Waals surface area contributed by atoms with Crippen LogP contribution in [0.1, 0.15) is 51.9 Å². The van der Waals surface area contributed by atoms with E-state index in [0.29, 0.717) is 6.42 Å². The third-order valence-electron chi connectivity index (χ3n) is 6.76. The van der Waals surface area contributed by atoms with Crippen LogP contribution in [0.4, 0.5) is 5.69 Å². The number of thioether (sulfide) groups is 1. The van der Waals surface area contributed by atoms with Crippen LogP contribution in [0.25, 0.3) is 0 Å². The van der Waals surface area contributed by atoms with E-state index in [4.69, 9.17) is 0 Å². The molecule has 4 aliphatic rings. The molecule has 0 saturated heterocycles. The van der Waals surface area contributed by atoms with Gasteiger partial charge in [0.15, 0.2) is 0 Å². The summed E-state index contributed by atoms with van der Waals surface area (Å²) < 4.78 is 0. The summed E-state index contributed by atoms with van der Waals surface area (Å²) in [5.74, 6) is 1.99. The summed E-state index contributed by atoms with van der Waals surface area (Å²) in [6, 6.07) is 6.08. The second kappa shape index (κ2) is 7.97. The smallest absolute Gasteiger partial charge is 0.269 e. The Bertz CT molecular complexity index is 775. The number of hydrazine groups is 1. The molecule has 0 radical (unpaired) electrons. The lowest BCUT2D eigenvalue weighted by Crippen LogP contribution is -2.50. The molecule has 4 aliphatic carbocycles. The van der Waals surface area contributed by atoms with Crippen LogP contribution in [-0.2, 0) is 9.59 Å². The van der Waals surface area contributed by atoms with Crippen molar-refractivity contribution in [3.05, 3.63) is 34.4 Å². The average Bonchev–Trinajstić information content (AvgIpc) is 2.65. The van der Waals surface area contributed by atoms with E-state index in [9.17, 15) is 19.7 Å². The van der Waals surface area contributed by atoms with E-state index >= 15 is 0 Å². The number of nitrogens with zero attached hydrogens (tertiary/aromatic N) is 1. The Morgan fingerprint density at radius 2 is 1.66 bits per heavy atom. The molecular formula is C21H27N3O4S. The molecule has 8 heteroatoms. The van der Waals surface area contributed by atoms with Crippen molar-refractivity contribution in [2.45, 2.75) is 62.0 Å². The fraction of sp³-hybridized carbons (Fsp3) is 0.619. The third-order valence-corrected chi connectivity index (χ3v) is 7.87. The first-order valence-electron chi connectivity index (χ1n) is 10.3. The van der Waals surface area contributed by atoms with Gasteiger partial charge in [-0.25, -0.2) is 0 Å². The fourth-order valence-electron chi connectivity index (χ4n) is 6.03. The number of benzene rings is 1. The van der Waals surface area contributed by atoms with E-state index in [1.54, 1.807) is 19.1 Å². The molecule has 4 bridgehead atoms. The molecule has 0 aliphatic heterocycles. The van der Waals surface area contributed by atoms with Gasteiger partial charge in [0, 0.05) is 23.4 Å². The summed E-state index contributed by atoms with van der Waals surface area (Å²) in [5, 5.41) is 10.3. The second-order valence-electron chi connectivity index (χ2n) is 9.14. The minimum absolute atomic E-state index is 0.0170. The number of hydrogen-bond acceptors (Lipinski definition) is 5. The highest BCUT2D eigenvalue weighted by molar-refractivity contribution is 8.00. The van der Waals surface area contributed by atoms with Gasteiger partial charge in [0.1, 0.15) is 0 Å². The summed E-state index contributed by atoms with van der Waals surface area (Å²) >= 11 is 1.29. The highest BCUT2D eigenvalue weighted by Crippen LogP contribution is 2.61. The molecule has 7 nitrogen and oxygen atoms in total. The molecule has 156 valence electrons. The van der Waals surface area contributed by atoms with Crippen molar-refractivity contribution in [1.29, 1.82) is 0 Å². The lowest BCUT2D eigenvalue weighted by molar-refractivity contribution is -0.384. The number of hydrogen-bond donors (Lipinski definition) is 2. The molecule has 1 aromatic carbocycles. The van der Waals surface area contributed by atoms with Crippen molar-refractivity contribution in [2.75, 3.05) is 0 Å².